The molecule has 0 amide bonds. The number of aliphatic hydroxyl groups is 1. The van der Waals surface area contributed by atoms with Gasteiger partial charge >= 0.3 is 5.97 Å². The molecule has 0 bridgehead atoms. The first kappa shape index (κ1) is 11.5. The van der Waals surface area contributed by atoms with E-state index in [-0.39, 0.29) is 6.61 Å². The second-order valence-corrected chi connectivity index (χ2v) is 4.08. The summed E-state index contributed by atoms with van der Waals surface area (Å²) in [7, 11) is 0. The maximum Gasteiger partial charge on any atom is 0.332 e. The molecule has 0 aromatic heterocycles. The molecule has 0 aromatic carbocycles. The fourth-order valence-corrected chi connectivity index (χ4v) is 1.71. The van der Waals surface area contributed by atoms with Crippen molar-refractivity contribution in [3.05, 3.63) is 0 Å². The highest BCUT2D eigenvalue weighted by atomic mass is 16.5. The maximum atomic E-state index is 10.5. The minimum Gasteiger partial charge on any atom is -0.479 e. The molecule has 0 saturated heterocycles. The van der Waals surface area contributed by atoms with Crippen molar-refractivity contribution in [3.8, 4) is 0 Å². The van der Waals surface area contributed by atoms with Crippen molar-refractivity contribution in [1.82, 2.24) is 0 Å². The smallest absolute Gasteiger partial charge is 0.332 e. The van der Waals surface area contributed by atoms with Gasteiger partial charge in [0.15, 0.2) is 6.10 Å². The molecule has 1 aliphatic rings. The minimum absolute atomic E-state index is 0.139. The lowest BCUT2D eigenvalue weighted by Crippen LogP contribution is -2.39. The van der Waals surface area contributed by atoms with Crippen LogP contribution < -0.4 is 0 Å². The van der Waals surface area contributed by atoms with Crippen LogP contribution in [0.15, 0.2) is 0 Å². The second kappa shape index (κ2) is 4.75. The molecular formula is C10H18O4. The highest BCUT2D eigenvalue weighted by Crippen LogP contribution is 2.28. The number of carbonyl (C=O) groups is 1. The van der Waals surface area contributed by atoms with E-state index in [1.807, 2.05) is 0 Å². The Labute approximate surface area is 83.9 Å². The van der Waals surface area contributed by atoms with Crippen molar-refractivity contribution in [2.75, 3.05) is 6.61 Å². The monoisotopic (exact) mass is 202 g/mol. The molecule has 82 valence electrons. The first-order valence-corrected chi connectivity index (χ1v) is 5.10. The van der Waals surface area contributed by atoms with Crippen LogP contribution in [0.1, 0.15) is 39.0 Å². The van der Waals surface area contributed by atoms with Crippen molar-refractivity contribution >= 4 is 5.97 Å². The zero-order valence-corrected chi connectivity index (χ0v) is 8.53. The van der Waals surface area contributed by atoms with Crippen LogP contribution in [0.2, 0.25) is 0 Å². The number of rotatable bonds is 4. The second-order valence-electron chi connectivity index (χ2n) is 4.08. The van der Waals surface area contributed by atoms with Gasteiger partial charge in [0.2, 0.25) is 0 Å². The summed E-state index contributed by atoms with van der Waals surface area (Å²) in [4.78, 5) is 10.5. The summed E-state index contributed by atoms with van der Waals surface area (Å²) in [6.07, 6.45) is 3.76. The number of hydrogen-bond acceptors (Lipinski definition) is 3. The Hall–Kier alpha value is -0.610. The van der Waals surface area contributed by atoms with Crippen LogP contribution in [0.5, 0.6) is 0 Å². The third-order valence-corrected chi connectivity index (χ3v) is 2.73. The van der Waals surface area contributed by atoms with Crippen LogP contribution >= 0.6 is 0 Å². The molecule has 0 radical (unpaired) electrons. The molecule has 1 fully saturated rings. The molecule has 0 spiro atoms. The first-order valence-electron chi connectivity index (χ1n) is 5.10. The molecule has 0 unspecified atom stereocenters. The van der Waals surface area contributed by atoms with Crippen molar-refractivity contribution < 1.29 is 19.7 Å². The van der Waals surface area contributed by atoms with Gasteiger partial charge in [-0.1, -0.05) is 19.3 Å². The summed E-state index contributed by atoms with van der Waals surface area (Å²) >= 11 is 0. The van der Waals surface area contributed by atoms with Gasteiger partial charge in [0.05, 0.1) is 12.2 Å². The van der Waals surface area contributed by atoms with Crippen LogP contribution in [0.25, 0.3) is 0 Å². The van der Waals surface area contributed by atoms with Gasteiger partial charge in [0.1, 0.15) is 0 Å². The van der Waals surface area contributed by atoms with Gasteiger partial charge < -0.3 is 14.9 Å². The van der Waals surface area contributed by atoms with Crippen molar-refractivity contribution in [2.45, 2.75) is 50.7 Å². The van der Waals surface area contributed by atoms with E-state index in [1.54, 1.807) is 0 Å². The Morgan fingerprint density at radius 1 is 1.43 bits per heavy atom. The number of aliphatic carboxylic acids is 1. The molecule has 0 aromatic rings. The summed E-state index contributed by atoms with van der Waals surface area (Å²) < 4.78 is 5.10. The van der Waals surface area contributed by atoms with Gasteiger partial charge in [-0.15, -0.1) is 0 Å². The van der Waals surface area contributed by atoms with Crippen LogP contribution in [0, 0.1) is 0 Å². The van der Waals surface area contributed by atoms with Crippen LogP contribution in [-0.4, -0.2) is 34.5 Å². The highest BCUT2D eigenvalue weighted by molar-refractivity contribution is 5.71. The fourth-order valence-electron chi connectivity index (χ4n) is 1.71. The minimum atomic E-state index is -0.982. The standard InChI is InChI=1S/C10H18O4/c1-8(9(11)12)14-7-10(13)5-3-2-4-6-10/h8,13H,2-7H2,1H3,(H,11,12)/t8-/m1/s1. The molecule has 0 heterocycles. The quantitative estimate of drug-likeness (QED) is 0.718. The van der Waals surface area contributed by atoms with Crippen molar-refractivity contribution in [1.29, 1.82) is 0 Å². The van der Waals surface area contributed by atoms with Gasteiger partial charge in [-0.05, 0) is 19.8 Å². The zero-order valence-electron chi connectivity index (χ0n) is 8.53. The van der Waals surface area contributed by atoms with Crippen LogP contribution in [0.3, 0.4) is 0 Å². The third kappa shape index (κ3) is 3.27. The Morgan fingerprint density at radius 2 is 2.00 bits per heavy atom. The number of ether oxygens (including phenoxy) is 1. The predicted octanol–water partition coefficient (Wildman–Crippen LogP) is 1.17. The van der Waals surface area contributed by atoms with Crippen molar-refractivity contribution in [2.24, 2.45) is 0 Å². The molecule has 4 nitrogen and oxygen atoms in total. The van der Waals surface area contributed by atoms with Crippen LogP contribution in [-0.2, 0) is 9.53 Å². The molecule has 2 N–H and O–H groups in total. The van der Waals surface area contributed by atoms with E-state index in [2.05, 4.69) is 0 Å². The van der Waals surface area contributed by atoms with Gasteiger partial charge in [-0.25, -0.2) is 4.79 Å². The predicted molar refractivity (Wildman–Crippen MR) is 51.1 cm³/mol. The third-order valence-electron chi connectivity index (χ3n) is 2.73. The molecule has 1 saturated carbocycles. The molecular weight excluding hydrogens is 184 g/mol. The van der Waals surface area contributed by atoms with E-state index in [1.165, 1.54) is 6.92 Å². The zero-order chi connectivity index (χ0) is 10.6. The van der Waals surface area contributed by atoms with Gasteiger partial charge in [0, 0.05) is 0 Å². The lowest BCUT2D eigenvalue weighted by atomic mass is 9.85. The van der Waals surface area contributed by atoms with E-state index < -0.39 is 17.7 Å². The summed E-state index contributed by atoms with van der Waals surface area (Å²) in [6, 6.07) is 0. The van der Waals surface area contributed by atoms with Gasteiger partial charge in [0.25, 0.3) is 0 Å². The largest absolute Gasteiger partial charge is 0.479 e. The van der Waals surface area contributed by atoms with Gasteiger partial charge in [-0.3, -0.25) is 0 Å². The normalized spacial score (nSPS) is 23.0. The number of carboxylic acids is 1. The molecule has 14 heavy (non-hydrogen) atoms. The molecule has 4 heteroatoms. The Morgan fingerprint density at radius 3 is 2.50 bits per heavy atom. The van der Waals surface area contributed by atoms with E-state index >= 15 is 0 Å². The van der Waals surface area contributed by atoms with Crippen molar-refractivity contribution in [3.63, 3.8) is 0 Å². The number of hydrogen-bond donors (Lipinski definition) is 2. The lowest BCUT2D eigenvalue weighted by Gasteiger charge is -2.32. The van der Waals surface area contributed by atoms with E-state index in [0.717, 1.165) is 32.1 Å². The molecule has 1 rings (SSSR count). The summed E-state index contributed by atoms with van der Waals surface area (Å²) in [5, 5.41) is 18.6. The summed E-state index contributed by atoms with van der Waals surface area (Å²) in [5.74, 6) is -0.982. The topological polar surface area (TPSA) is 66.8 Å². The Kier molecular flexibility index (Phi) is 3.89. The lowest BCUT2D eigenvalue weighted by molar-refractivity contribution is -0.155. The highest BCUT2D eigenvalue weighted by Gasteiger charge is 2.30. The van der Waals surface area contributed by atoms with Gasteiger partial charge in [-0.2, -0.15) is 0 Å². The Bertz CT molecular complexity index is 196. The average molecular weight is 202 g/mol. The molecule has 1 atom stereocenters. The van der Waals surface area contributed by atoms with E-state index in [4.69, 9.17) is 9.84 Å². The maximum absolute atomic E-state index is 10.5. The summed E-state index contributed by atoms with van der Waals surface area (Å²) in [5.41, 5.74) is -0.790. The Balaban J connectivity index is 2.31. The fraction of sp³-hybridized carbons (Fsp3) is 0.900. The van der Waals surface area contributed by atoms with E-state index in [0.29, 0.717) is 0 Å². The van der Waals surface area contributed by atoms with Crippen LogP contribution in [0.4, 0.5) is 0 Å². The number of carboxylic acid groups (broad SMARTS) is 1. The summed E-state index contributed by atoms with van der Waals surface area (Å²) in [6.45, 7) is 1.62. The first-order chi connectivity index (χ1) is 6.53. The molecule has 1 aliphatic carbocycles. The van der Waals surface area contributed by atoms with E-state index in [9.17, 15) is 9.90 Å². The average Bonchev–Trinajstić information content (AvgIpc) is 2.15. The molecule has 0 aliphatic heterocycles. The SMILES string of the molecule is C[C@@H](OCC1(O)CCCCC1)C(=O)O.